The number of morpholine rings is 1. The largest absolute Gasteiger partial charge is 0.376 e. The molecule has 1 aromatic rings. The highest BCUT2D eigenvalue weighted by molar-refractivity contribution is 4.88. The molecule has 1 aromatic heterocycles. The van der Waals surface area contributed by atoms with Crippen molar-refractivity contribution in [1.82, 2.24) is 15.0 Å². The number of nitrogens with two attached hydrogens (primary N) is 1. The number of ether oxygens (including phenoxy) is 1. The van der Waals surface area contributed by atoms with Gasteiger partial charge in [-0.3, -0.25) is 4.90 Å². The molecule has 2 rings (SSSR count). The lowest BCUT2D eigenvalue weighted by atomic mass is 10.2. The molecule has 0 spiro atoms. The molecule has 0 radical (unpaired) electrons. The van der Waals surface area contributed by atoms with Crippen molar-refractivity contribution in [1.29, 1.82) is 0 Å². The van der Waals surface area contributed by atoms with Gasteiger partial charge in [0.2, 0.25) is 5.89 Å². The number of hydrogen-bond donors (Lipinski definition) is 1. The lowest BCUT2D eigenvalue weighted by molar-refractivity contribution is -0.0536. The molecule has 2 unspecified atom stereocenters. The van der Waals surface area contributed by atoms with E-state index in [-0.39, 0.29) is 6.10 Å². The predicted octanol–water partition coefficient (Wildman–Crippen LogP) is 0.137. The molecule has 0 aliphatic carbocycles. The Morgan fingerprint density at radius 2 is 2.31 bits per heavy atom. The normalized spacial score (nSPS) is 27.2. The minimum atomic E-state index is 0.261. The Balaban J connectivity index is 1.97. The first-order valence-electron chi connectivity index (χ1n) is 5.56. The van der Waals surface area contributed by atoms with Crippen LogP contribution in [0.3, 0.4) is 0 Å². The SMILES string of the molecule is CC1CN(Cc2noc(CN)n2)C(C)CO1. The first kappa shape index (κ1) is 11.5. The quantitative estimate of drug-likeness (QED) is 0.789. The molecule has 90 valence electrons. The number of rotatable bonds is 3. The van der Waals surface area contributed by atoms with Crippen LogP contribution in [0.4, 0.5) is 0 Å². The van der Waals surface area contributed by atoms with E-state index in [9.17, 15) is 0 Å². The lowest BCUT2D eigenvalue weighted by Crippen LogP contribution is -2.46. The molecule has 1 aliphatic heterocycles. The summed E-state index contributed by atoms with van der Waals surface area (Å²) in [5, 5.41) is 3.89. The van der Waals surface area contributed by atoms with Crippen molar-refractivity contribution in [3.05, 3.63) is 11.7 Å². The Labute approximate surface area is 94.7 Å². The Morgan fingerprint density at radius 3 is 3.00 bits per heavy atom. The summed E-state index contributed by atoms with van der Waals surface area (Å²) in [6.45, 7) is 6.84. The molecule has 6 nitrogen and oxygen atoms in total. The molecule has 2 heterocycles. The van der Waals surface area contributed by atoms with Crippen molar-refractivity contribution in [3.63, 3.8) is 0 Å². The van der Waals surface area contributed by atoms with Gasteiger partial charge in [0.1, 0.15) is 0 Å². The average Bonchev–Trinajstić information content (AvgIpc) is 2.71. The third-order valence-electron chi connectivity index (χ3n) is 2.77. The number of nitrogens with zero attached hydrogens (tertiary/aromatic N) is 3. The van der Waals surface area contributed by atoms with Crippen LogP contribution in [0.5, 0.6) is 0 Å². The molecule has 6 heteroatoms. The van der Waals surface area contributed by atoms with Crippen molar-refractivity contribution in [3.8, 4) is 0 Å². The van der Waals surface area contributed by atoms with Crippen LogP contribution in [0, 0.1) is 0 Å². The summed E-state index contributed by atoms with van der Waals surface area (Å²) in [5.41, 5.74) is 5.42. The van der Waals surface area contributed by atoms with Gasteiger partial charge >= 0.3 is 0 Å². The molecule has 0 aromatic carbocycles. The van der Waals surface area contributed by atoms with Gasteiger partial charge in [0.25, 0.3) is 0 Å². The minimum Gasteiger partial charge on any atom is -0.376 e. The lowest BCUT2D eigenvalue weighted by Gasteiger charge is -2.35. The Morgan fingerprint density at radius 1 is 1.50 bits per heavy atom. The molecule has 0 saturated carbocycles. The van der Waals surface area contributed by atoms with Gasteiger partial charge in [-0.25, -0.2) is 0 Å². The summed E-state index contributed by atoms with van der Waals surface area (Å²) in [7, 11) is 0. The van der Waals surface area contributed by atoms with Crippen molar-refractivity contribution >= 4 is 0 Å². The molecular weight excluding hydrogens is 208 g/mol. The average molecular weight is 226 g/mol. The van der Waals surface area contributed by atoms with Crippen LogP contribution in [0.1, 0.15) is 25.6 Å². The van der Waals surface area contributed by atoms with E-state index in [4.69, 9.17) is 15.0 Å². The van der Waals surface area contributed by atoms with Crippen LogP contribution in [-0.2, 0) is 17.8 Å². The summed E-state index contributed by atoms with van der Waals surface area (Å²) in [4.78, 5) is 6.49. The number of hydrogen-bond acceptors (Lipinski definition) is 6. The van der Waals surface area contributed by atoms with E-state index in [1.54, 1.807) is 0 Å². The first-order chi connectivity index (χ1) is 7.69. The smallest absolute Gasteiger partial charge is 0.240 e. The molecular formula is C10H18N4O2. The zero-order valence-corrected chi connectivity index (χ0v) is 9.72. The standard InChI is InChI=1S/C10H18N4O2/c1-7-6-15-8(2)4-14(7)5-9-12-10(3-11)16-13-9/h7-8H,3-6,11H2,1-2H3. The second-order valence-corrected chi connectivity index (χ2v) is 4.23. The van der Waals surface area contributed by atoms with Gasteiger partial charge in [0.05, 0.1) is 25.8 Å². The van der Waals surface area contributed by atoms with Gasteiger partial charge in [-0.05, 0) is 13.8 Å². The maximum atomic E-state index is 5.56. The molecule has 16 heavy (non-hydrogen) atoms. The van der Waals surface area contributed by atoms with E-state index in [1.165, 1.54) is 0 Å². The topological polar surface area (TPSA) is 77.4 Å². The van der Waals surface area contributed by atoms with Gasteiger partial charge in [0, 0.05) is 12.6 Å². The highest BCUT2D eigenvalue weighted by Gasteiger charge is 2.24. The monoisotopic (exact) mass is 226 g/mol. The van der Waals surface area contributed by atoms with Gasteiger partial charge in [-0.2, -0.15) is 4.98 Å². The first-order valence-corrected chi connectivity index (χ1v) is 5.56. The van der Waals surface area contributed by atoms with Gasteiger partial charge in [-0.15, -0.1) is 0 Å². The van der Waals surface area contributed by atoms with E-state index in [2.05, 4.69) is 28.9 Å². The maximum absolute atomic E-state index is 5.56. The third-order valence-corrected chi connectivity index (χ3v) is 2.77. The van der Waals surface area contributed by atoms with Crippen LogP contribution in [-0.4, -0.2) is 40.3 Å². The van der Waals surface area contributed by atoms with E-state index in [0.29, 0.717) is 30.8 Å². The van der Waals surface area contributed by atoms with E-state index >= 15 is 0 Å². The summed E-state index contributed by atoms with van der Waals surface area (Å²) in [5.74, 6) is 1.19. The van der Waals surface area contributed by atoms with Crippen molar-refractivity contribution in [2.75, 3.05) is 13.2 Å². The van der Waals surface area contributed by atoms with E-state index in [1.807, 2.05) is 0 Å². The third kappa shape index (κ3) is 2.58. The summed E-state index contributed by atoms with van der Waals surface area (Å²) in [6.07, 6.45) is 0.261. The van der Waals surface area contributed by atoms with Crippen molar-refractivity contribution in [2.45, 2.75) is 39.1 Å². The predicted molar refractivity (Wildman–Crippen MR) is 57.5 cm³/mol. The van der Waals surface area contributed by atoms with Gasteiger partial charge in [0.15, 0.2) is 5.82 Å². The fourth-order valence-corrected chi connectivity index (χ4v) is 1.81. The van der Waals surface area contributed by atoms with E-state index in [0.717, 1.165) is 13.2 Å². The Bertz CT molecular complexity index is 341. The Kier molecular flexibility index (Phi) is 3.52. The zero-order valence-electron chi connectivity index (χ0n) is 9.72. The molecule has 2 N–H and O–H groups in total. The second-order valence-electron chi connectivity index (χ2n) is 4.23. The highest BCUT2D eigenvalue weighted by atomic mass is 16.5. The zero-order chi connectivity index (χ0) is 11.5. The molecule has 2 atom stereocenters. The van der Waals surface area contributed by atoms with Crippen LogP contribution in [0.15, 0.2) is 4.52 Å². The molecule has 1 fully saturated rings. The van der Waals surface area contributed by atoms with Crippen LogP contribution in [0.2, 0.25) is 0 Å². The van der Waals surface area contributed by atoms with Crippen molar-refractivity contribution in [2.24, 2.45) is 5.73 Å². The summed E-state index contributed by atoms with van der Waals surface area (Å²) in [6, 6.07) is 0.385. The fraction of sp³-hybridized carbons (Fsp3) is 0.800. The van der Waals surface area contributed by atoms with Crippen LogP contribution < -0.4 is 5.73 Å². The highest BCUT2D eigenvalue weighted by Crippen LogP contribution is 2.13. The second kappa shape index (κ2) is 4.90. The number of aromatic nitrogens is 2. The minimum absolute atomic E-state index is 0.261. The molecule has 0 bridgehead atoms. The Hall–Kier alpha value is -0.980. The van der Waals surface area contributed by atoms with Crippen molar-refractivity contribution < 1.29 is 9.26 Å². The summed E-state index contributed by atoms with van der Waals surface area (Å²) >= 11 is 0. The van der Waals surface area contributed by atoms with E-state index < -0.39 is 0 Å². The molecule has 1 saturated heterocycles. The fourth-order valence-electron chi connectivity index (χ4n) is 1.81. The molecule has 1 aliphatic rings. The van der Waals surface area contributed by atoms with Gasteiger partial charge in [-0.1, -0.05) is 5.16 Å². The molecule has 0 amide bonds. The summed E-state index contributed by atoms with van der Waals surface area (Å²) < 4.78 is 10.5. The maximum Gasteiger partial charge on any atom is 0.240 e. The van der Waals surface area contributed by atoms with Crippen LogP contribution in [0.25, 0.3) is 0 Å². The van der Waals surface area contributed by atoms with Crippen LogP contribution >= 0.6 is 0 Å². The van der Waals surface area contributed by atoms with Gasteiger partial charge < -0.3 is 15.0 Å².